The number of carbonyl (C=O) groups excluding carboxylic acids is 1. The van der Waals surface area contributed by atoms with Crippen molar-refractivity contribution in [3.63, 3.8) is 0 Å². The molecule has 5 heteroatoms. The van der Waals surface area contributed by atoms with Crippen LogP contribution in [-0.4, -0.2) is 24.2 Å². The van der Waals surface area contributed by atoms with Crippen LogP contribution >= 0.6 is 11.8 Å². The highest BCUT2D eigenvalue weighted by atomic mass is 32.2. The molecule has 1 fully saturated rings. The highest BCUT2D eigenvalue weighted by Crippen LogP contribution is 2.22. The Kier molecular flexibility index (Phi) is 6.29. The molecule has 0 spiro atoms. The van der Waals surface area contributed by atoms with E-state index in [1.165, 1.54) is 10.5 Å². The number of benzene rings is 2. The molecule has 1 aliphatic rings. The fourth-order valence-corrected chi connectivity index (χ4v) is 3.62. The van der Waals surface area contributed by atoms with Gasteiger partial charge in [0.05, 0.1) is 0 Å². The predicted molar refractivity (Wildman–Crippen MR) is 98.7 cm³/mol. The molecule has 1 saturated heterocycles. The standard InChI is InChI=1S/C19H23N3OS/c23-19(20-12-7-13-24-16-10-5-2-6-11-16)18-14-17(21-22-18)15-8-3-1-4-9-15/h1-6,8-11,17-18,21-22H,7,12-14H2,(H,20,23). The molecule has 0 radical (unpaired) electrons. The van der Waals surface area contributed by atoms with Crippen molar-refractivity contribution in [3.05, 3.63) is 66.2 Å². The van der Waals surface area contributed by atoms with Crippen LogP contribution in [0.1, 0.15) is 24.4 Å². The average molecular weight is 341 g/mol. The number of hydrogen-bond acceptors (Lipinski definition) is 4. The van der Waals surface area contributed by atoms with E-state index in [0.29, 0.717) is 6.54 Å². The maximum absolute atomic E-state index is 12.2. The molecule has 0 aromatic heterocycles. The second-order valence-corrected chi connectivity index (χ2v) is 7.01. The first-order chi connectivity index (χ1) is 11.8. The third kappa shape index (κ3) is 4.84. The minimum absolute atomic E-state index is 0.0747. The molecule has 2 atom stereocenters. The first kappa shape index (κ1) is 17.0. The third-order valence-electron chi connectivity index (χ3n) is 4.05. The largest absolute Gasteiger partial charge is 0.355 e. The molecular weight excluding hydrogens is 318 g/mol. The molecule has 0 bridgehead atoms. The second-order valence-electron chi connectivity index (χ2n) is 5.85. The van der Waals surface area contributed by atoms with E-state index in [0.717, 1.165) is 18.6 Å². The Bertz CT molecular complexity index is 636. The minimum atomic E-state index is -0.169. The van der Waals surface area contributed by atoms with Crippen LogP contribution in [0.3, 0.4) is 0 Å². The van der Waals surface area contributed by atoms with Crippen molar-refractivity contribution >= 4 is 17.7 Å². The summed E-state index contributed by atoms with van der Waals surface area (Å²) in [7, 11) is 0. The molecule has 1 heterocycles. The molecule has 0 aliphatic carbocycles. The molecule has 2 unspecified atom stereocenters. The topological polar surface area (TPSA) is 53.2 Å². The van der Waals surface area contributed by atoms with Crippen molar-refractivity contribution in [1.29, 1.82) is 0 Å². The van der Waals surface area contributed by atoms with E-state index in [1.807, 2.05) is 48.2 Å². The lowest BCUT2D eigenvalue weighted by molar-refractivity contribution is -0.122. The van der Waals surface area contributed by atoms with Crippen LogP contribution in [0.2, 0.25) is 0 Å². The van der Waals surface area contributed by atoms with Gasteiger partial charge in [-0.05, 0) is 36.3 Å². The zero-order chi connectivity index (χ0) is 16.6. The van der Waals surface area contributed by atoms with Gasteiger partial charge >= 0.3 is 0 Å². The van der Waals surface area contributed by atoms with Crippen LogP contribution in [0.15, 0.2) is 65.6 Å². The molecule has 2 aromatic carbocycles. The highest BCUT2D eigenvalue weighted by Gasteiger charge is 2.29. The molecule has 1 aliphatic heterocycles. The second kappa shape index (κ2) is 8.87. The van der Waals surface area contributed by atoms with Crippen LogP contribution in [0.4, 0.5) is 0 Å². The average Bonchev–Trinajstić information content (AvgIpc) is 3.13. The van der Waals surface area contributed by atoms with Crippen LogP contribution < -0.4 is 16.2 Å². The lowest BCUT2D eigenvalue weighted by Crippen LogP contribution is -2.43. The summed E-state index contributed by atoms with van der Waals surface area (Å²) < 4.78 is 0. The highest BCUT2D eigenvalue weighted by molar-refractivity contribution is 7.99. The monoisotopic (exact) mass is 341 g/mol. The van der Waals surface area contributed by atoms with E-state index in [2.05, 4.69) is 40.4 Å². The molecule has 3 rings (SSSR count). The molecule has 4 nitrogen and oxygen atoms in total. The summed E-state index contributed by atoms with van der Waals surface area (Å²) in [5.74, 6) is 1.08. The molecule has 0 saturated carbocycles. The summed E-state index contributed by atoms with van der Waals surface area (Å²) in [6.07, 6.45) is 1.74. The summed E-state index contributed by atoms with van der Waals surface area (Å²) in [5, 5.41) is 3.03. The van der Waals surface area contributed by atoms with E-state index in [-0.39, 0.29) is 18.0 Å². The smallest absolute Gasteiger partial charge is 0.238 e. The zero-order valence-electron chi connectivity index (χ0n) is 13.6. The van der Waals surface area contributed by atoms with Crippen molar-refractivity contribution < 1.29 is 4.79 Å². The lowest BCUT2D eigenvalue weighted by Gasteiger charge is -2.10. The van der Waals surface area contributed by atoms with Gasteiger partial charge in [-0.15, -0.1) is 11.8 Å². The summed E-state index contributed by atoms with van der Waals surface area (Å²) in [4.78, 5) is 13.5. The Morgan fingerprint density at radius 3 is 2.50 bits per heavy atom. The number of carbonyl (C=O) groups is 1. The number of thioether (sulfide) groups is 1. The van der Waals surface area contributed by atoms with Gasteiger partial charge in [-0.25, -0.2) is 10.9 Å². The van der Waals surface area contributed by atoms with E-state index < -0.39 is 0 Å². The quantitative estimate of drug-likeness (QED) is 0.535. The van der Waals surface area contributed by atoms with Crippen LogP contribution in [0.5, 0.6) is 0 Å². The van der Waals surface area contributed by atoms with Crippen molar-refractivity contribution in [2.75, 3.05) is 12.3 Å². The number of hydrogen-bond donors (Lipinski definition) is 3. The van der Waals surface area contributed by atoms with E-state index >= 15 is 0 Å². The van der Waals surface area contributed by atoms with Gasteiger partial charge in [-0.1, -0.05) is 48.5 Å². The van der Waals surface area contributed by atoms with Gasteiger partial charge in [-0.3, -0.25) is 4.79 Å². The number of hydrazine groups is 1. The summed E-state index contributed by atoms with van der Waals surface area (Å²) in [6, 6.07) is 20.6. The molecule has 2 aromatic rings. The summed E-state index contributed by atoms with van der Waals surface area (Å²) >= 11 is 1.82. The summed E-state index contributed by atoms with van der Waals surface area (Å²) in [5.41, 5.74) is 7.52. The SMILES string of the molecule is O=C(NCCCSc1ccccc1)C1CC(c2ccccc2)NN1. The number of rotatable bonds is 7. The van der Waals surface area contributed by atoms with Crippen LogP contribution in [0.25, 0.3) is 0 Å². The molecule has 1 amide bonds. The van der Waals surface area contributed by atoms with E-state index in [1.54, 1.807) is 0 Å². The minimum Gasteiger partial charge on any atom is -0.355 e. The fourth-order valence-electron chi connectivity index (χ4n) is 2.75. The van der Waals surface area contributed by atoms with Gasteiger partial charge < -0.3 is 5.32 Å². The van der Waals surface area contributed by atoms with Crippen molar-refractivity contribution in [1.82, 2.24) is 16.2 Å². The Labute approximate surface area is 147 Å². The lowest BCUT2D eigenvalue weighted by atomic mass is 10.0. The van der Waals surface area contributed by atoms with Crippen molar-refractivity contribution in [3.8, 4) is 0 Å². The maximum atomic E-state index is 12.2. The normalized spacial score (nSPS) is 20.0. The Hall–Kier alpha value is -1.82. The zero-order valence-corrected chi connectivity index (χ0v) is 14.4. The van der Waals surface area contributed by atoms with Crippen LogP contribution in [-0.2, 0) is 4.79 Å². The van der Waals surface area contributed by atoms with Gasteiger partial charge in [-0.2, -0.15) is 0 Å². The fraction of sp³-hybridized carbons (Fsp3) is 0.316. The Balaban J connectivity index is 1.34. The molecule has 126 valence electrons. The maximum Gasteiger partial charge on any atom is 0.238 e. The first-order valence-corrected chi connectivity index (χ1v) is 9.33. The van der Waals surface area contributed by atoms with Crippen molar-refractivity contribution in [2.24, 2.45) is 0 Å². The van der Waals surface area contributed by atoms with Gasteiger partial charge in [0.1, 0.15) is 6.04 Å². The number of nitrogens with one attached hydrogen (secondary N) is 3. The van der Waals surface area contributed by atoms with Crippen molar-refractivity contribution in [2.45, 2.75) is 29.8 Å². The van der Waals surface area contributed by atoms with Crippen LogP contribution in [0, 0.1) is 0 Å². The van der Waals surface area contributed by atoms with Gasteiger partial charge in [0.25, 0.3) is 0 Å². The Morgan fingerprint density at radius 1 is 1.04 bits per heavy atom. The predicted octanol–water partition coefficient (Wildman–Crippen LogP) is 2.89. The number of amides is 1. The van der Waals surface area contributed by atoms with Gasteiger partial charge in [0, 0.05) is 17.5 Å². The Morgan fingerprint density at radius 2 is 1.75 bits per heavy atom. The third-order valence-corrected chi connectivity index (χ3v) is 5.15. The molecular formula is C19H23N3OS. The first-order valence-electron chi connectivity index (χ1n) is 8.34. The van der Waals surface area contributed by atoms with Gasteiger partial charge in [0.2, 0.25) is 5.91 Å². The van der Waals surface area contributed by atoms with Gasteiger partial charge in [0.15, 0.2) is 0 Å². The van der Waals surface area contributed by atoms with E-state index in [9.17, 15) is 4.79 Å². The summed E-state index contributed by atoms with van der Waals surface area (Å²) in [6.45, 7) is 0.715. The van der Waals surface area contributed by atoms with E-state index in [4.69, 9.17) is 0 Å². The molecule has 3 N–H and O–H groups in total. The molecule has 24 heavy (non-hydrogen) atoms.